The first kappa shape index (κ1) is 21.4. The van der Waals surface area contributed by atoms with Crippen LogP contribution in [0.25, 0.3) is 32.5 Å². The highest BCUT2D eigenvalue weighted by molar-refractivity contribution is 7.20. The third-order valence-electron chi connectivity index (χ3n) is 5.18. The molecule has 0 spiro atoms. The Morgan fingerprint density at radius 3 is 2.76 bits per heavy atom. The number of thiophene rings is 1. The number of imidazole rings is 1. The summed E-state index contributed by atoms with van der Waals surface area (Å²) in [6, 6.07) is 16.7. The maximum absolute atomic E-state index is 13.3. The number of aromatic amines is 1. The summed E-state index contributed by atoms with van der Waals surface area (Å²) in [6.07, 6.45) is 0. The van der Waals surface area contributed by atoms with Gasteiger partial charge in [-0.2, -0.15) is 10.4 Å². The lowest BCUT2D eigenvalue weighted by Crippen LogP contribution is -2.08. The summed E-state index contributed by atoms with van der Waals surface area (Å²) in [5, 5.41) is 25.2. The van der Waals surface area contributed by atoms with Gasteiger partial charge in [-0.3, -0.25) is 0 Å². The van der Waals surface area contributed by atoms with Crippen molar-refractivity contribution in [2.45, 2.75) is 6.92 Å². The molecule has 0 amide bonds. The third kappa shape index (κ3) is 3.78. The molecule has 0 aliphatic heterocycles. The van der Waals surface area contributed by atoms with E-state index in [4.69, 9.17) is 4.74 Å². The molecular weight excluding hydrogens is 457 g/mol. The zero-order chi connectivity index (χ0) is 23.8. The predicted molar refractivity (Wildman–Crippen MR) is 125 cm³/mol. The standard InChI is InChI=1S/C24H16FN5O3S/c1-13-16-10-21(34-23(16)30(29-13)15-8-6-14(25)7-9-15)24(32)33-12-20(31)17(11-26)22-27-18-4-2-3-5-19(18)28-22/h2-10,31H,12H2,1H3,(H,27,28)/b20-17-. The fourth-order valence-corrected chi connectivity index (χ4v) is 4.58. The number of fused-ring (bicyclic) bond motifs is 2. The number of aliphatic hydroxyl groups excluding tert-OH is 1. The number of halogens is 1. The number of ether oxygens (including phenoxy) is 1. The van der Waals surface area contributed by atoms with Gasteiger partial charge in [0.05, 0.1) is 22.4 Å². The van der Waals surface area contributed by atoms with Gasteiger partial charge in [-0.05, 0) is 49.4 Å². The first-order valence-corrected chi connectivity index (χ1v) is 11.0. The summed E-state index contributed by atoms with van der Waals surface area (Å²) in [4.78, 5) is 21.0. The number of nitrogens with zero attached hydrogens (tertiary/aromatic N) is 4. The largest absolute Gasteiger partial charge is 0.507 e. The number of carbonyl (C=O) groups is 1. The second kappa shape index (κ2) is 8.46. The SMILES string of the molecule is Cc1nn(-c2ccc(F)cc2)c2sc(C(=O)OC/C(O)=C(\C#N)c3nc4ccccc4[nH]3)cc12. The number of carbonyl (C=O) groups excluding carboxylic acids is 1. The fraction of sp³-hybridized carbons (Fsp3) is 0.0833. The highest BCUT2D eigenvalue weighted by Gasteiger charge is 2.20. The zero-order valence-electron chi connectivity index (χ0n) is 17.7. The number of rotatable bonds is 5. The number of aliphatic hydroxyl groups is 1. The third-order valence-corrected chi connectivity index (χ3v) is 6.27. The second-order valence-corrected chi connectivity index (χ2v) is 8.45. The summed E-state index contributed by atoms with van der Waals surface area (Å²) in [5.41, 5.74) is 2.61. The Kier molecular flexibility index (Phi) is 5.31. The van der Waals surface area contributed by atoms with Crippen LogP contribution in [-0.4, -0.2) is 37.4 Å². The minimum atomic E-state index is -0.653. The van der Waals surface area contributed by atoms with Crippen LogP contribution in [0.2, 0.25) is 0 Å². The Balaban J connectivity index is 1.38. The van der Waals surface area contributed by atoms with E-state index in [1.807, 2.05) is 25.1 Å². The van der Waals surface area contributed by atoms with Crippen molar-refractivity contribution in [2.75, 3.05) is 6.61 Å². The van der Waals surface area contributed by atoms with E-state index in [2.05, 4.69) is 15.1 Å². The summed E-state index contributed by atoms with van der Waals surface area (Å²) in [5.74, 6) is -1.23. The molecule has 0 aliphatic carbocycles. The number of para-hydroxylation sites is 2. The van der Waals surface area contributed by atoms with E-state index in [-0.39, 0.29) is 17.2 Å². The van der Waals surface area contributed by atoms with Gasteiger partial charge < -0.3 is 14.8 Å². The number of hydrogen-bond donors (Lipinski definition) is 2. The number of esters is 1. The molecule has 0 radical (unpaired) electrons. The zero-order valence-corrected chi connectivity index (χ0v) is 18.6. The lowest BCUT2D eigenvalue weighted by atomic mass is 10.2. The Labute approximate surface area is 196 Å². The van der Waals surface area contributed by atoms with E-state index < -0.39 is 18.3 Å². The van der Waals surface area contributed by atoms with Gasteiger partial charge in [0, 0.05) is 5.39 Å². The first-order chi connectivity index (χ1) is 16.4. The molecule has 2 N–H and O–H groups in total. The van der Waals surface area contributed by atoms with Gasteiger partial charge in [-0.15, -0.1) is 11.3 Å². The van der Waals surface area contributed by atoms with Crippen LogP contribution in [0.1, 0.15) is 21.2 Å². The number of allylic oxidation sites excluding steroid dienone is 1. The van der Waals surface area contributed by atoms with Crippen LogP contribution in [-0.2, 0) is 4.74 Å². The summed E-state index contributed by atoms with van der Waals surface area (Å²) < 4.78 is 20.2. The van der Waals surface area contributed by atoms with Crippen molar-refractivity contribution >= 4 is 44.1 Å². The van der Waals surface area contributed by atoms with Crippen molar-refractivity contribution in [3.05, 3.63) is 82.6 Å². The summed E-state index contributed by atoms with van der Waals surface area (Å²) >= 11 is 1.17. The van der Waals surface area contributed by atoms with Crippen LogP contribution in [0.3, 0.4) is 0 Å². The summed E-state index contributed by atoms with van der Waals surface area (Å²) in [7, 11) is 0. The summed E-state index contributed by atoms with van der Waals surface area (Å²) in [6.45, 7) is 1.32. The molecule has 0 atom stereocenters. The van der Waals surface area contributed by atoms with Gasteiger partial charge >= 0.3 is 5.97 Å². The average molecular weight is 473 g/mol. The molecule has 2 aromatic carbocycles. The van der Waals surface area contributed by atoms with Gasteiger partial charge in [-0.1, -0.05) is 12.1 Å². The van der Waals surface area contributed by atoms with Crippen molar-refractivity contribution < 1.29 is 19.0 Å². The minimum absolute atomic E-state index is 0.108. The van der Waals surface area contributed by atoms with E-state index in [9.17, 15) is 19.6 Å². The Morgan fingerprint density at radius 2 is 2.03 bits per heavy atom. The van der Waals surface area contributed by atoms with E-state index in [0.29, 0.717) is 32.1 Å². The van der Waals surface area contributed by atoms with E-state index >= 15 is 0 Å². The molecule has 0 unspecified atom stereocenters. The highest BCUT2D eigenvalue weighted by atomic mass is 32.1. The first-order valence-electron chi connectivity index (χ1n) is 10.1. The molecule has 34 heavy (non-hydrogen) atoms. The Bertz CT molecular complexity index is 1590. The quantitative estimate of drug-likeness (QED) is 0.209. The predicted octanol–water partition coefficient (Wildman–Crippen LogP) is 5.06. The molecule has 0 aliphatic rings. The van der Waals surface area contributed by atoms with Gasteiger partial charge in [0.25, 0.3) is 0 Å². The van der Waals surface area contributed by atoms with E-state index in [1.165, 1.54) is 23.5 Å². The number of aryl methyl sites for hydroxylation is 1. The van der Waals surface area contributed by atoms with Gasteiger partial charge in [0.15, 0.2) is 11.6 Å². The molecule has 0 saturated heterocycles. The molecule has 3 aromatic heterocycles. The number of hydrogen-bond acceptors (Lipinski definition) is 7. The minimum Gasteiger partial charge on any atom is -0.507 e. The van der Waals surface area contributed by atoms with Crippen molar-refractivity contribution in [3.8, 4) is 11.8 Å². The number of H-pyrrole nitrogens is 1. The van der Waals surface area contributed by atoms with Crippen LogP contribution in [0, 0.1) is 24.1 Å². The molecule has 10 heteroatoms. The second-order valence-electron chi connectivity index (χ2n) is 7.42. The Morgan fingerprint density at radius 1 is 1.26 bits per heavy atom. The fourth-order valence-electron chi connectivity index (χ4n) is 3.51. The number of nitriles is 1. The lowest BCUT2D eigenvalue weighted by Gasteiger charge is -2.04. The van der Waals surface area contributed by atoms with Gasteiger partial charge in [0.2, 0.25) is 0 Å². The van der Waals surface area contributed by atoms with Gasteiger partial charge in [-0.25, -0.2) is 18.9 Å². The van der Waals surface area contributed by atoms with Crippen LogP contribution >= 0.6 is 11.3 Å². The van der Waals surface area contributed by atoms with Crippen molar-refractivity contribution in [3.63, 3.8) is 0 Å². The lowest BCUT2D eigenvalue weighted by molar-refractivity contribution is 0.0508. The molecule has 0 fully saturated rings. The van der Waals surface area contributed by atoms with Gasteiger partial charge in [0.1, 0.15) is 33.8 Å². The smallest absolute Gasteiger partial charge is 0.348 e. The average Bonchev–Trinajstić information content (AvgIpc) is 3.53. The molecule has 5 rings (SSSR count). The van der Waals surface area contributed by atoms with Crippen molar-refractivity contribution in [1.82, 2.24) is 19.7 Å². The van der Waals surface area contributed by atoms with E-state index in [1.54, 1.807) is 35.0 Å². The maximum atomic E-state index is 13.3. The van der Waals surface area contributed by atoms with Crippen LogP contribution in [0.5, 0.6) is 0 Å². The number of nitrogens with one attached hydrogen (secondary N) is 1. The van der Waals surface area contributed by atoms with Crippen molar-refractivity contribution in [1.29, 1.82) is 5.26 Å². The number of aromatic nitrogens is 4. The molecule has 3 heterocycles. The normalized spacial score (nSPS) is 12.0. The highest BCUT2D eigenvalue weighted by Crippen LogP contribution is 2.31. The van der Waals surface area contributed by atoms with E-state index in [0.717, 1.165) is 5.39 Å². The molecule has 8 nitrogen and oxygen atoms in total. The molecule has 168 valence electrons. The van der Waals surface area contributed by atoms with Crippen LogP contribution in [0.15, 0.2) is 60.4 Å². The van der Waals surface area contributed by atoms with Crippen LogP contribution < -0.4 is 0 Å². The molecule has 0 saturated carbocycles. The topological polar surface area (TPSA) is 117 Å². The number of benzene rings is 2. The molecule has 5 aromatic rings. The van der Waals surface area contributed by atoms with Crippen LogP contribution in [0.4, 0.5) is 4.39 Å². The van der Waals surface area contributed by atoms with Crippen molar-refractivity contribution in [2.24, 2.45) is 0 Å². The molecular formula is C24H16FN5O3S. The monoisotopic (exact) mass is 473 g/mol. The maximum Gasteiger partial charge on any atom is 0.348 e. The molecule has 0 bridgehead atoms. The Hall–Kier alpha value is -4.49.